The van der Waals surface area contributed by atoms with E-state index in [1.165, 1.54) is 6.07 Å². The van der Waals surface area contributed by atoms with Crippen LogP contribution < -0.4 is 4.74 Å². The smallest absolute Gasteiger partial charge is 0.335 e. The van der Waals surface area contributed by atoms with Crippen LogP contribution in [0, 0.1) is 17.7 Å². The minimum atomic E-state index is -0.943. The van der Waals surface area contributed by atoms with Crippen molar-refractivity contribution in [2.75, 3.05) is 19.7 Å². The summed E-state index contributed by atoms with van der Waals surface area (Å²) in [5, 5.41) is 9.84. The van der Waals surface area contributed by atoms with Crippen LogP contribution in [0.1, 0.15) is 39.8 Å². The Bertz CT molecular complexity index is 1590. The average Bonchev–Trinajstić information content (AvgIpc) is 3.23. The highest BCUT2D eigenvalue weighted by molar-refractivity contribution is 6.30. The number of pyridine rings is 1. The van der Waals surface area contributed by atoms with E-state index in [0.717, 1.165) is 48.7 Å². The van der Waals surface area contributed by atoms with Gasteiger partial charge >= 0.3 is 5.97 Å². The van der Waals surface area contributed by atoms with E-state index in [0.29, 0.717) is 47.3 Å². The Morgan fingerprint density at radius 1 is 1.12 bits per heavy atom. The Labute approximate surface area is 235 Å². The molecule has 1 saturated carbocycles. The summed E-state index contributed by atoms with van der Waals surface area (Å²) < 4.78 is 27.7. The highest BCUT2D eigenvalue weighted by Crippen LogP contribution is 2.58. The molecule has 4 aromatic rings. The second kappa shape index (κ2) is 10.1. The predicted octanol–water partition coefficient (Wildman–Crippen LogP) is 5.14. The molecule has 0 spiro atoms. The molecule has 3 aliphatic rings. The molecule has 7 rings (SSSR count). The molecule has 0 amide bonds. The van der Waals surface area contributed by atoms with Crippen LogP contribution in [-0.2, 0) is 24.4 Å². The Kier molecular flexibility index (Phi) is 6.45. The van der Waals surface area contributed by atoms with Crippen molar-refractivity contribution in [3.05, 3.63) is 88.1 Å². The normalized spacial score (nSPS) is 23.6. The summed E-state index contributed by atoms with van der Waals surface area (Å²) in [6.07, 6.45) is 1.13. The fraction of sp³-hybridized carbons (Fsp3) is 0.367. The minimum absolute atomic E-state index is 0.0889. The zero-order valence-electron chi connectivity index (χ0n) is 21.7. The number of hydrogen-bond donors (Lipinski definition) is 1. The lowest BCUT2D eigenvalue weighted by molar-refractivity contribution is -0.0591. The highest BCUT2D eigenvalue weighted by Gasteiger charge is 2.57. The number of imidazole rings is 1. The van der Waals surface area contributed by atoms with Gasteiger partial charge in [0.25, 0.3) is 0 Å². The molecule has 1 aliphatic carbocycles. The highest BCUT2D eigenvalue weighted by atomic mass is 35.5. The van der Waals surface area contributed by atoms with Crippen molar-refractivity contribution in [2.45, 2.75) is 38.1 Å². The zero-order valence-corrected chi connectivity index (χ0v) is 22.4. The first-order valence-electron chi connectivity index (χ1n) is 13.5. The van der Waals surface area contributed by atoms with Crippen LogP contribution in [0.2, 0.25) is 5.02 Å². The van der Waals surface area contributed by atoms with Gasteiger partial charge in [0.15, 0.2) is 0 Å². The van der Waals surface area contributed by atoms with E-state index >= 15 is 0 Å². The van der Waals surface area contributed by atoms with Gasteiger partial charge in [-0.15, -0.1) is 0 Å². The fourth-order valence-electron chi connectivity index (χ4n) is 6.13. The Balaban J connectivity index is 1.02. The lowest BCUT2D eigenvalue weighted by Crippen LogP contribution is -2.33. The molecule has 0 bridgehead atoms. The SMILES string of the molecule is O=C(O)c1ccc2nc(CN3C[C@@H]4C(c5cccc(OCc6ccc(Cl)cc6F)n5)[C@@H]4C3)n(CC3CCO3)c2c1. The third-order valence-corrected chi connectivity index (χ3v) is 8.60. The topological polar surface area (TPSA) is 89.7 Å². The second-order valence-corrected chi connectivity index (χ2v) is 11.3. The van der Waals surface area contributed by atoms with Crippen LogP contribution in [0.4, 0.5) is 4.39 Å². The van der Waals surface area contributed by atoms with Crippen molar-refractivity contribution in [1.29, 1.82) is 0 Å². The first-order valence-corrected chi connectivity index (χ1v) is 13.9. The minimum Gasteiger partial charge on any atom is -0.478 e. The number of likely N-dealkylation sites (tertiary alicyclic amines) is 1. The van der Waals surface area contributed by atoms with Crippen LogP contribution in [-0.4, -0.2) is 56.3 Å². The maximum Gasteiger partial charge on any atom is 0.335 e. The molecule has 2 aliphatic heterocycles. The number of rotatable bonds is 9. The number of nitrogens with zero attached hydrogens (tertiary/aromatic N) is 4. The number of aromatic carboxylic acids is 1. The number of carboxylic acid groups (broad SMARTS) is 1. The first-order chi connectivity index (χ1) is 19.4. The molecular weight excluding hydrogens is 535 g/mol. The van der Waals surface area contributed by atoms with Gasteiger partial charge in [0, 0.05) is 48.0 Å². The molecule has 4 atom stereocenters. The predicted molar refractivity (Wildman–Crippen MR) is 146 cm³/mol. The summed E-state index contributed by atoms with van der Waals surface area (Å²) in [5.41, 5.74) is 3.36. The third kappa shape index (κ3) is 4.82. The van der Waals surface area contributed by atoms with Crippen molar-refractivity contribution in [1.82, 2.24) is 19.4 Å². The number of fused-ring (bicyclic) bond motifs is 2. The van der Waals surface area contributed by atoms with E-state index in [1.807, 2.05) is 12.1 Å². The van der Waals surface area contributed by atoms with Gasteiger partial charge in [0.05, 0.1) is 35.8 Å². The molecule has 3 fully saturated rings. The van der Waals surface area contributed by atoms with Gasteiger partial charge < -0.3 is 19.1 Å². The molecule has 0 radical (unpaired) electrons. The van der Waals surface area contributed by atoms with Crippen molar-refractivity contribution in [3.63, 3.8) is 0 Å². The van der Waals surface area contributed by atoms with Crippen LogP contribution in [0.25, 0.3) is 11.0 Å². The Morgan fingerprint density at radius 3 is 2.67 bits per heavy atom. The monoisotopic (exact) mass is 562 g/mol. The molecule has 2 aromatic carbocycles. The van der Waals surface area contributed by atoms with E-state index in [1.54, 1.807) is 36.4 Å². The molecule has 10 heteroatoms. The van der Waals surface area contributed by atoms with E-state index < -0.39 is 11.8 Å². The van der Waals surface area contributed by atoms with Gasteiger partial charge in [-0.25, -0.2) is 19.2 Å². The molecule has 2 unspecified atom stereocenters. The zero-order chi connectivity index (χ0) is 27.4. The van der Waals surface area contributed by atoms with Crippen LogP contribution in [0.5, 0.6) is 5.88 Å². The first kappa shape index (κ1) is 25.4. The largest absolute Gasteiger partial charge is 0.478 e. The van der Waals surface area contributed by atoms with Gasteiger partial charge in [-0.3, -0.25) is 4.90 Å². The second-order valence-electron chi connectivity index (χ2n) is 10.9. The summed E-state index contributed by atoms with van der Waals surface area (Å²) in [7, 11) is 0. The number of aromatic nitrogens is 3. The van der Waals surface area contributed by atoms with E-state index in [9.17, 15) is 14.3 Å². The quantitative estimate of drug-likeness (QED) is 0.302. The molecule has 8 nitrogen and oxygen atoms in total. The lowest BCUT2D eigenvalue weighted by Gasteiger charge is -2.28. The summed E-state index contributed by atoms with van der Waals surface area (Å²) in [4.78, 5) is 23.6. The molecule has 2 aromatic heterocycles. The Hall–Kier alpha value is -3.53. The fourth-order valence-corrected chi connectivity index (χ4v) is 6.29. The maximum absolute atomic E-state index is 14.1. The van der Waals surface area contributed by atoms with Crippen molar-refractivity contribution < 1.29 is 23.8 Å². The van der Waals surface area contributed by atoms with E-state index in [-0.39, 0.29) is 18.3 Å². The van der Waals surface area contributed by atoms with Crippen molar-refractivity contribution in [3.8, 4) is 5.88 Å². The van der Waals surface area contributed by atoms with Gasteiger partial charge in [-0.2, -0.15) is 0 Å². The number of benzene rings is 2. The summed E-state index contributed by atoms with van der Waals surface area (Å²) in [6, 6.07) is 15.5. The molecule has 2 saturated heterocycles. The van der Waals surface area contributed by atoms with Gasteiger partial charge in [-0.1, -0.05) is 23.7 Å². The third-order valence-electron chi connectivity index (χ3n) is 8.37. The van der Waals surface area contributed by atoms with Crippen LogP contribution >= 0.6 is 11.6 Å². The number of halogens is 2. The molecule has 206 valence electrons. The van der Waals surface area contributed by atoms with Crippen molar-refractivity contribution >= 4 is 28.6 Å². The average molecular weight is 563 g/mol. The maximum atomic E-state index is 14.1. The summed E-state index contributed by atoms with van der Waals surface area (Å²) >= 11 is 5.84. The number of hydrogen-bond acceptors (Lipinski definition) is 6. The lowest BCUT2D eigenvalue weighted by atomic mass is 10.1. The van der Waals surface area contributed by atoms with Crippen LogP contribution in [0.15, 0.2) is 54.6 Å². The van der Waals surface area contributed by atoms with Crippen molar-refractivity contribution in [2.24, 2.45) is 11.8 Å². The number of ether oxygens (including phenoxy) is 2. The summed E-state index contributed by atoms with van der Waals surface area (Å²) in [6.45, 7) is 4.12. The van der Waals surface area contributed by atoms with E-state index in [4.69, 9.17) is 31.0 Å². The van der Waals surface area contributed by atoms with Gasteiger partial charge in [0.2, 0.25) is 5.88 Å². The number of piperidine rings is 1. The van der Waals surface area contributed by atoms with Gasteiger partial charge in [-0.05, 0) is 54.7 Å². The Morgan fingerprint density at radius 2 is 1.95 bits per heavy atom. The summed E-state index contributed by atoms with van der Waals surface area (Å²) in [5.74, 6) is 1.51. The molecule has 1 N–H and O–H groups in total. The molecular formula is C30H28ClFN4O4. The standard InChI is InChI=1S/C30H28ClFN4O4/c31-19-6-4-18(23(32)11-19)16-40-28-3-1-2-25(34-28)29-21-13-35(14-22(21)29)15-27-33-24-7-5-17(30(37)38)10-26(24)36(27)12-20-8-9-39-20/h1-7,10-11,20-22,29H,8-9,12-16H2,(H,37,38)/t20?,21-,22+,29?. The molecule has 4 heterocycles. The van der Waals surface area contributed by atoms with E-state index in [2.05, 4.69) is 9.47 Å². The number of carbonyl (C=O) groups is 1. The molecule has 40 heavy (non-hydrogen) atoms. The number of carboxylic acids is 1. The van der Waals surface area contributed by atoms with Crippen LogP contribution in [0.3, 0.4) is 0 Å². The van der Waals surface area contributed by atoms with Gasteiger partial charge in [0.1, 0.15) is 18.2 Å².